The molecule has 5 heteroatoms. The van der Waals surface area contributed by atoms with Crippen LogP contribution in [0, 0.1) is 11.3 Å². The van der Waals surface area contributed by atoms with Crippen molar-refractivity contribution >= 4 is 29.2 Å². The molecular weight excluding hydrogens is 266 g/mol. The van der Waals surface area contributed by atoms with Gasteiger partial charge >= 0.3 is 0 Å². The van der Waals surface area contributed by atoms with E-state index in [-0.39, 0.29) is 0 Å². The van der Waals surface area contributed by atoms with E-state index >= 15 is 0 Å². The largest absolute Gasteiger partial charge is 0.366 e. The van der Waals surface area contributed by atoms with Crippen LogP contribution in [-0.2, 0) is 0 Å². The molecular formula is C13H16ClN3S. The van der Waals surface area contributed by atoms with Crippen LogP contribution in [0.3, 0.4) is 0 Å². The van der Waals surface area contributed by atoms with Gasteiger partial charge in [0.1, 0.15) is 16.9 Å². The summed E-state index contributed by atoms with van der Waals surface area (Å²) >= 11 is 8.15. The minimum atomic E-state index is 0.424. The zero-order chi connectivity index (χ0) is 13.0. The summed E-state index contributed by atoms with van der Waals surface area (Å²) in [6.07, 6.45) is 5.16. The van der Waals surface area contributed by atoms with Crippen LogP contribution in [0.25, 0.3) is 0 Å². The van der Waals surface area contributed by atoms with Crippen LogP contribution < -0.4 is 5.32 Å². The van der Waals surface area contributed by atoms with Crippen molar-refractivity contribution in [3.63, 3.8) is 0 Å². The lowest BCUT2D eigenvalue weighted by atomic mass is 10.2. The Kier molecular flexibility index (Phi) is 4.73. The fourth-order valence-corrected chi connectivity index (χ4v) is 3.63. The molecule has 0 aliphatic heterocycles. The molecule has 2 rings (SSSR count). The van der Waals surface area contributed by atoms with Crippen LogP contribution in [0.2, 0.25) is 5.02 Å². The van der Waals surface area contributed by atoms with E-state index in [1.807, 2.05) is 11.8 Å². The number of hydrogen-bond donors (Lipinski definition) is 1. The SMILES string of the molecule is CCSC1CCC(Nc2nccc(C#N)c2Cl)C1. The monoisotopic (exact) mass is 281 g/mol. The summed E-state index contributed by atoms with van der Waals surface area (Å²) in [7, 11) is 0. The number of pyridine rings is 1. The molecule has 0 amide bonds. The van der Waals surface area contributed by atoms with Gasteiger partial charge in [0.2, 0.25) is 0 Å². The highest BCUT2D eigenvalue weighted by atomic mass is 35.5. The number of halogens is 1. The van der Waals surface area contributed by atoms with Gasteiger partial charge in [-0.2, -0.15) is 17.0 Å². The van der Waals surface area contributed by atoms with Crippen molar-refractivity contribution in [1.82, 2.24) is 4.98 Å². The molecule has 1 heterocycles. The topological polar surface area (TPSA) is 48.7 Å². The molecule has 0 spiro atoms. The van der Waals surface area contributed by atoms with Crippen molar-refractivity contribution < 1.29 is 0 Å². The highest BCUT2D eigenvalue weighted by molar-refractivity contribution is 7.99. The van der Waals surface area contributed by atoms with Gasteiger partial charge in [0.15, 0.2) is 0 Å². The Morgan fingerprint density at radius 2 is 2.44 bits per heavy atom. The standard InChI is InChI=1S/C13H16ClN3S/c1-2-18-11-4-3-10(7-11)17-13-12(14)9(8-15)5-6-16-13/h5-6,10-11H,2-4,7H2,1H3,(H,16,17). The molecule has 1 aliphatic carbocycles. The molecule has 1 aromatic rings. The normalized spacial score (nSPS) is 22.7. The van der Waals surface area contributed by atoms with E-state index in [1.165, 1.54) is 12.2 Å². The summed E-state index contributed by atoms with van der Waals surface area (Å²) in [6.45, 7) is 2.19. The molecule has 1 saturated carbocycles. The van der Waals surface area contributed by atoms with Gasteiger partial charge in [-0.05, 0) is 31.1 Å². The number of hydrogen-bond acceptors (Lipinski definition) is 4. The van der Waals surface area contributed by atoms with Gasteiger partial charge in [-0.1, -0.05) is 18.5 Å². The molecule has 1 aliphatic rings. The molecule has 1 fully saturated rings. The quantitative estimate of drug-likeness (QED) is 0.914. The predicted octanol–water partition coefficient (Wildman–Crippen LogP) is 3.69. The number of nitriles is 1. The van der Waals surface area contributed by atoms with E-state index in [0.29, 0.717) is 22.4 Å². The third kappa shape index (κ3) is 3.09. The maximum absolute atomic E-state index is 8.92. The zero-order valence-electron chi connectivity index (χ0n) is 10.3. The molecule has 0 radical (unpaired) electrons. The van der Waals surface area contributed by atoms with E-state index < -0.39 is 0 Å². The first-order valence-corrected chi connectivity index (χ1v) is 7.60. The lowest BCUT2D eigenvalue weighted by molar-refractivity contribution is 0.752. The predicted molar refractivity (Wildman–Crippen MR) is 77.1 cm³/mol. The molecule has 1 aromatic heterocycles. The molecule has 1 N–H and O–H groups in total. The smallest absolute Gasteiger partial charge is 0.146 e. The molecule has 0 saturated heterocycles. The van der Waals surface area contributed by atoms with Crippen LogP contribution in [0.4, 0.5) is 5.82 Å². The highest BCUT2D eigenvalue weighted by Gasteiger charge is 2.25. The van der Waals surface area contributed by atoms with Crippen molar-refractivity contribution in [2.75, 3.05) is 11.1 Å². The summed E-state index contributed by atoms with van der Waals surface area (Å²) in [4.78, 5) is 4.22. The first kappa shape index (κ1) is 13.5. The van der Waals surface area contributed by atoms with Crippen LogP contribution in [0.5, 0.6) is 0 Å². The maximum Gasteiger partial charge on any atom is 0.146 e. The number of nitrogens with one attached hydrogen (secondary N) is 1. The molecule has 3 nitrogen and oxygen atoms in total. The van der Waals surface area contributed by atoms with Gasteiger partial charge < -0.3 is 5.32 Å². The fraction of sp³-hybridized carbons (Fsp3) is 0.538. The third-order valence-corrected chi connectivity index (χ3v) is 4.75. The second kappa shape index (κ2) is 6.31. The molecule has 18 heavy (non-hydrogen) atoms. The Labute approximate surface area is 117 Å². The van der Waals surface area contributed by atoms with Gasteiger partial charge in [0.25, 0.3) is 0 Å². The van der Waals surface area contributed by atoms with Crippen molar-refractivity contribution in [3.8, 4) is 6.07 Å². The average Bonchev–Trinajstić information content (AvgIpc) is 2.80. The second-order valence-corrected chi connectivity index (χ2v) is 6.32. The van der Waals surface area contributed by atoms with Gasteiger partial charge in [0, 0.05) is 17.5 Å². The van der Waals surface area contributed by atoms with Crippen LogP contribution >= 0.6 is 23.4 Å². The van der Waals surface area contributed by atoms with Gasteiger partial charge in [0.05, 0.1) is 5.56 Å². The van der Waals surface area contributed by atoms with Crippen LogP contribution in [-0.4, -0.2) is 22.0 Å². The maximum atomic E-state index is 8.92. The minimum Gasteiger partial charge on any atom is -0.366 e. The van der Waals surface area contributed by atoms with E-state index in [1.54, 1.807) is 12.3 Å². The third-order valence-electron chi connectivity index (χ3n) is 3.14. The average molecular weight is 282 g/mol. The number of anilines is 1. The number of thioether (sulfide) groups is 1. The van der Waals surface area contributed by atoms with Crippen molar-refractivity contribution in [1.29, 1.82) is 5.26 Å². The summed E-state index contributed by atoms with van der Waals surface area (Å²) in [6, 6.07) is 4.13. The molecule has 96 valence electrons. The summed E-state index contributed by atoms with van der Waals surface area (Å²) in [5.74, 6) is 1.81. The van der Waals surface area contributed by atoms with E-state index in [2.05, 4.69) is 23.3 Å². The lowest BCUT2D eigenvalue weighted by Crippen LogP contribution is -2.17. The van der Waals surface area contributed by atoms with Crippen LogP contribution in [0.15, 0.2) is 12.3 Å². The second-order valence-electron chi connectivity index (χ2n) is 4.36. The van der Waals surface area contributed by atoms with Crippen molar-refractivity contribution in [2.45, 2.75) is 37.5 Å². The first-order chi connectivity index (χ1) is 8.74. The summed E-state index contributed by atoms with van der Waals surface area (Å²) < 4.78 is 0. The Hall–Kier alpha value is -0.920. The minimum absolute atomic E-state index is 0.424. The fourth-order valence-electron chi connectivity index (χ4n) is 2.28. The number of aromatic nitrogens is 1. The zero-order valence-corrected chi connectivity index (χ0v) is 11.9. The lowest BCUT2D eigenvalue weighted by Gasteiger charge is -2.15. The van der Waals surface area contributed by atoms with Crippen molar-refractivity contribution in [2.24, 2.45) is 0 Å². The highest BCUT2D eigenvalue weighted by Crippen LogP contribution is 2.33. The number of nitrogens with zero attached hydrogens (tertiary/aromatic N) is 2. The van der Waals surface area contributed by atoms with Gasteiger partial charge in [-0.25, -0.2) is 4.98 Å². The number of rotatable bonds is 4. The Bertz CT molecular complexity index is 458. The van der Waals surface area contributed by atoms with Crippen molar-refractivity contribution in [3.05, 3.63) is 22.8 Å². The van der Waals surface area contributed by atoms with E-state index in [9.17, 15) is 0 Å². The molecule has 2 unspecified atom stereocenters. The Morgan fingerprint density at radius 3 is 3.17 bits per heavy atom. The summed E-state index contributed by atoms with van der Waals surface area (Å²) in [5, 5.41) is 13.5. The Morgan fingerprint density at radius 1 is 1.61 bits per heavy atom. The molecule has 0 aromatic carbocycles. The van der Waals surface area contributed by atoms with Crippen LogP contribution in [0.1, 0.15) is 31.7 Å². The van der Waals surface area contributed by atoms with E-state index in [0.717, 1.165) is 18.1 Å². The van der Waals surface area contributed by atoms with E-state index in [4.69, 9.17) is 16.9 Å². The van der Waals surface area contributed by atoms with Gasteiger partial charge in [-0.3, -0.25) is 0 Å². The first-order valence-electron chi connectivity index (χ1n) is 6.17. The van der Waals surface area contributed by atoms with Gasteiger partial charge in [-0.15, -0.1) is 0 Å². The Balaban J connectivity index is 2.01. The summed E-state index contributed by atoms with van der Waals surface area (Å²) in [5.41, 5.74) is 0.478. The molecule has 0 bridgehead atoms. The molecule has 2 atom stereocenters.